The van der Waals surface area contributed by atoms with Crippen LogP contribution in [0.4, 0.5) is 4.79 Å². The molecular formula is C19H26N4O2. The number of likely N-dealkylation sites (tertiary alicyclic amines) is 1. The Morgan fingerprint density at radius 2 is 2.24 bits per heavy atom. The lowest BCUT2D eigenvalue weighted by Gasteiger charge is -2.21. The van der Waals surface area contributed by atoms with Gasteiger partial charge >= 0.3 is 6.03 Å². The van der Waals surface area contributed by atoms with Crippen molar-refractivity contribution >= 4 is 16.9 Å². The van der Waals surface area contributed by atoms with Crippen molar-refractivity contribution in [2.45, 2.75) is 12.6 Å². The van der Waals surface area contributed by atoms with Gasteiger partial charge in [-0.2, -0.15) is 0 Å². The lowest BCUT2D eigenvalue weighted by Crippen LogP contribution is -2.39. The fourth-order valence-electron chi connectivity index (χ4n) is 4.13. The van der Waals surface area contributed by atoms with Crippen molar-refractivity contribution < 1.29 is 9.53 Å². The molecule has 134 valence electrons. The molecule has 3 atom stereocenters. The molecule has 6 nitrogen and oxygen atoms in total. The number of fused-ring (bicyclic) bond motifs is 2. The summed E-state index contributed by atoms with van der Waals surface area (Å²) in [6.07, 6.45) is 2.30. The Morgan fingerprint density at radius 3 is 3.08 bits per heavy atom. The molecule has 0 radical (unpaired) electrons. The first-order chi connectivity index (χ1) is 12.1. The number of rotatable bonds is 4. The summed E-state index contributed by atoms with van der Waals surface area (Å²) in [4.78, 5) is 19.1. The van der Waals surface area contributed by atoms with Crippen LogP contribution in [-0.2, 0) is 11.3 Å². The lowest BCUT2D eigenvalue weighted by atomic mass is 9.93. The number of carbonyl (C=O) groups is 1. The molecule has 4 rings (SSSR count). The molecule has 2 fully saturated rings. The number of H-pyrrole nitrogens is 1. The second-order valence-electron chi connectivity index (χ2n) is 7.43. The molecule has 1 aromatic heterocycles. The second kappa shape index (κ2) is 6.69. The van der Waals surface area contributed by atoms with Crippen LogP contribution in [-0.4, -0.2) is 67.3 Å². The highest BCUT2D eigenvalue weighted by Crippen LogP contribution is 2.34. The van der Waals surface area contributed by atoms with E-state index in [9.17, 15) is 4.79 Å². The van der Waals surface area contributed by atoms with E-state index in [0.29, 0.717) is 24.5 Å². The average molecular weight is 342 g/mol. The van der Waals surface area contributed by atoms with Crippen molar-refractivity contribution in [3.8, 4) is 0 Å². The molecule has 0 unspecified atom stereocenters. The number of aromatic amines is 1. The van der Waals surface area contributed by atoms with E-state index in [0.717, 1.165) is 26.2 Å². The summed E-state index contributed by atoms with van der Waals surface area (Å²) >= 11 is 0. The van der Waals surface area contributed by atoms with Crippen molar-refractivity contribution in [2.24, 2.45) is 11.8 Å². The summed E-state index contributed by atoms with van der Waals surface area (Å²) in [5.74, 6) is 0.912. The standard InChI is InChI=1S/C19H26N4O2/c1-22(2)19(24)21-8-14-12-25-18-11-23(10-16(14)18)9-13-4-3-5-17-15(13)6-7-20-17/h3-7,14,16,18,20H,8-12H2,1-2H3,(H,21,24)/t14-,16-,18-/m1/s1. The number of carbonyl (C=O) groups excluding carboxylic acids is 1. The van der Waals surface area contributed by atoms with E-state index >= 15 is 0 Å². The fraction of sp³-hybridized carbons (Fsp3) is 0.526. The van der Waals surface area contributed by atoms with Gasteiger partial charge in [0.2, 0.25) is 0 Å². The number of benzene rings is 1. The second-order valence-corrected chi connectivity index (χ2v) is 7.43. The largest absolute Gasteiger partial charge is 0.376 e. The van der Waals surface area contributed by atoms with Crippen LogP contribution in [0.5, 0.6) is 0 Å². The molecule has 2 aliphatic rings. The summed E-state index contributed by atoms with van der Waals surface area (Å²) in [5, 5.41) is 4.31. The smallest absolute Gasteiger partial charge is 0.316 e. The van der Waals surface area contributed by atoms with E-state index < -0.39 is 0 Å². The number of aromatic nitrogens is 1. The van der Waals surface area contributed by atoms with E-state index in [-0.39, 0.29) is 6.03 Å². The third kappa shape index (κ3) is 3.24. The zero-order chi connectivity index (χ0) is 17.4. The van der Waals surface area contributed by atoms with E-state index in [2.05, 4.69) is 39.5 Å². The number of nitrogens with one attached hydrogen (secondary N) is 2. The topological polar surface area (TPSA) is 60.6 Å². The van der Waals surface area contributed by atoms with Gasteiger partial charge in [0.1, 0.15) is 0 Å². The van der Waals surface area contributed by atoms with Gasteiger partial charge in [-0.25, -0.2) is 4.79 Å². The normalized spacial score (nSPS) is 26.1. The third-order valence-corrected chi connectivity index (χ3v) is 5.52. The number of amides is 2. The Kier molecular flexibility index (Phi) is 4.39. The highest BCUT2D eigenvalue weighted by atomic mass is 16.5. The Bertz CT molecular complexity index is 757. The molecule has 0 bridgehead atoms. The van der Waals surface area contributed by atoms with Crippen LogP contribution in [0, 0.1) is 11.8 Å². The van der Waals surface area contributed by atoms with Gasteiger partial charge in [0, 0.05) is 69.2 Å². The van der Waals surface area contributed by atoms with Crippen LogP contribution in [0.2, 0.25) is 0 Å². The molecular weight excluding hydrogens is 316 g/mol. The molecule has 0 spiro atoms. The predicted molar refractivity (Wildman–Crippen MR) is 97.4 cm³/mol. The molecule has 2 aliphatic heterocycles. The molecule has 2 amide bonds. The highest BCUT2D eigenvalue weighted by molar-refractivity contribution is 5.82. The Morgan fingerprint density at radius 1 is 1.36 bits per heavy atom. The number of urea groups is 1. The van der Waals surface area contributed by atoms with Crippen molar-refractivity contribution in [3.05, 3.63) is 36.0 Å². The molecule has 0 aliphatic carbocycles. The first-order valence-corrected chi connectivity index (χ1v) is 8.96. The SMILES string of the molecule is CN(C)C(=O)NC[C@@H]1CO[C@@H]2CN(Cc3cccc4[nH]ccc34)C[C@H]12. The lowest BCUT2D eigenvalue weighted by molar-refractivity contribution is 0.0940. The van der Waals surface area contributed by atoms with Gasteiger partial charge in [-0.15, -0.1) is 0 Å². The zero-order valence-corrected chi connectivity index (χ0v) is 14.9. The summed E-state index contributed by atoms with van der Waals surface area (Å²) in [5.41, 5.74) is 2.55. The maximum atomic E-state index is 11.8. The quantitative estimate of drug-likeness (QED) is 0.892. The van der Waals surface area contributed by atoms with Gasteiger partial charge in [-0.3, -0.25) is 4.90 Å². The number of hydrogen-bond donors (Lipinski definition) is 2. The van der Waals surface area contributed by atoms with Gasteiger partial charge in [0.25, 0.3) is 0 Å². The zero-order valence-electron chi connectivity index (χ0n) is 14.9. The van der Waals surface area contributed by atoms with Gasteiger partial charge < -0.3 is 19.9 Å². The van der Waals surface area contributed by atoms with Gasteiger partial charge in [-0.1, -0.05) is 12.1 Å². The van der Waals surface area contributed by atoms with E-state index in [4.69, 9.17) is 4.74 Å². The molecule has 0 saturated carbocycles. The van der Waals surface area contributed by atoms with Crippen LogP contribution in [0.3, 0.4) is 0 Å². The van der Waals surface area contributed by atoms with Gasteiger partial charge in [-0.05, 0) is 17.7 Å². The molecule has 6 heteroatoms. The maximum absolute atomic E-state index is 11.8. The van der Waals surface area contributed by atoms with Crippen molar-refractivity contribution in [1.29, 1.82) is 0 Å². The van der Waals surface area contributed by atoms with E-state index in [1.165, 1.54) is 16.5 Å². The number of ether oxygens (including phenoxy) is 1. The van der Waals surface area contributed by atoms with Crippen LogP contribution >= 0.6 is 0 Å². The van der Waals surface area contributed by atoms with Gasteiger partial charge in [0.05, 0.1) is 12.7 Å². The van der Waals surface area contributed by atoms with Crippen LogP contribution < -0.4 is 5.32 Å². The molecule has 25 heavy (non-hydrogen) atoms. The van der Waals surface area contributed by atoms with E-state index in [1.807, 2.05) is 6.20 Å². The summed E-state index contributed by atoms with van der Waals surface area (Å²) in [6.45, 7) is 4.41. The van der Waals surface area contributed by atoms with Crippen LogP contribution in [0.25, 0.3) is 10.9 Å². The summed E-state index contributed by atoms with van der Waals surface area (Å²) in [7, 11) is 3.53. The fourth-order valence-corrected chi connectivity index (χ4v) is 4.13. The van der Waals surface area contributed by atoms with Crippen molar-refractivity contribution in [3.63, 3.8) is 0 Å². The first-order valence-electron chi connectivity index (χ1n) is 8.96. The molecule has 3 heterocycles. The minimum Gasteiger partial charge on any atom is -0.376 e. The minimum atomic E-state index is -0.0301. The average Bonchev–Trinajstić information content (AvgIpc) is 3.28. The first kappa shape index (κ1) is 16.4. The monoisotopic (exact) mass is 342 g/mol. The van der Waals surface area contributed by atoms with Crippen LogP contribution in [0.1, 0.15) is 5.56 Å². The van der Waals surface area contributed by atoms with Crippen molar-refractivity contribution in [1.82, 2.24) is 20.1 Å². The predicted octanol–water partition coefficient (Wildman–Crippen LogP) is 1.89. The molecule has 2 saturated heterocycles. The van der Waals surface area contributed by atoms with Crippen molar-refractivity contribution in [2.75, 3.05) is 40.3 Å². The molecule has 1 aromatic carbocycles. The third-order valence-electron chi connectivity index (χ3n) is 5.52. The number of nitrogens with zero attached hydrogens (tertiary/aromatic N) is 2. The van der Waals surface area contributed by atoms with E-state index in [1.54, 1.807) is 19.0 Å². The number of hydrogen-bond acceptors (Lipinski definition) is 3. The maximum Gasteiger partial charge on any atom is 0.316 e. The summed E-state index contributed by atoms with van der Waals surface area (Å²) in [6, 6.07) is 8.56. The molecule has 2 aromatic rings. The Labute approximate surface area is 148 Å². The Balaban J connectivity index is 1.38. The highest BCUT2D eigenvalue weighted by Gasteiger charge is 2.43. The van der Waals surface area contributed by atoms with Gasteiger partial charge in [0.15, 0.2) is 0 Å². The van der Waals surface area contributed by atoms with Crippen LogP contribution in [0.15, 0.2) is 30.5 Å². The Hall–Kier alpha value is -2.05. The molecule has 2 N–H and O–H groups in total. The minimum absolute atomic E-state index is 0.0301. The summed E-state index contributed by atoms with van der Waals surface area (Å²) < 4.78 is 6.01.